The monoisotopic (exact) mass is 647 g/mol. The van der Waals surface area contributed by atoms with E-state index >= 15 is 0 Å². The molecule has 5 rings (SSSR count). The molecular weight excluding hydrogens is 609 g/mol. The molecule has 0 aliphatic heterocycles. The first-order valence-electron chi connectivity index (χ1n) is 15.2. The number of fused-ring (bicyclic) bond motifs is 1. The Labute approximate surface area is 273 Å². The minimum atomic E-state index is -0.307. The van der Waals surface area contributed by atoms with Gasteiger partial charge in [-0.15, -0.1) is 0 Å². The Balaban J connectivity index is 0.00000154. The lowest BCUT2D eigenvalue weighted by atomic mass is 10.1. The molecule has 0 unspecified atom stereocenters. The highest BCUT2D eigenvalue weighted by Crippen LogP contribution is 2.33. The number of rotatable bonds is 16. The lowest BCUT2D eigenvalue weighted by Crippen LogP contribution is -2.14. The van der Waals surface area contributed by atoms with Crippen molar-refractivity contribution in [3.8, 4) is 17.1 Å². The molecule has 0 aliphatic rings. The Morgan fingerprint density at radius 1 is 0.978 bits per heavy atom. The number of hydrogen-bond acceptors (Lipinski definition) is 9. The molecule has 11 heteroatoms. The first-order chi connectivity index (χ1) is 22.5. The van der Waals surface area contributed by atoms with Crippen molar-refractivity contribution >= 4 is 40.3 Å². The lowest BCUT2D eigenvalue weighted by Gasteiger charge is -2.12. The number of hydroxylamine groups is 1. The van der Waals surface area contributed by atoms with E-state index in [0.29, 0.717) is 29.6 Å². The minimum Gasteiger partial charge on any atom is -0.487 e. The Morgan fingerprint density at radius 3 is 2.61 bits per heavy atom. The van der Waals surface area contributed by atoms with Crippen LogP contribution in [0.3, 0.4) is 0 Å². The van der Waals surface area contributed by atoms with Crippen LogP contribution in [0.4, 0.5) is 15.9 Å². The molecule has 0 radical (unpaired) electrons. The Hall–Kier alpha value is -4.35. The second-order valence-corrected chi connectivity index (χ2v) is 10.9. The maximum atomic E-state index is 13.5. The molecule has 0 spiro atoms. The van der Waals surface area contributed by atoms with E-state index < -0.39 is 0 Å². The summed E-state index contributed by atoms with van der Waals surface area (Å²) in [6, 6.07) is 21.6. The van der Waals surface area contributed by atoms with Gasteiger partial charge in [0, 0.05) is 30.1 Å². The van der Waals surface area contributed by atoms with Gasteiger partial charge in [-0.05, 0) is 85.6 Å². The van der Waals surface area contributed by atoms with Crippen LogP contribution in [-0.4, -0.2) is 35.1 Å². The van der Waals surface area contributed by atoms with E-state index in [2.05, 4.69) is 20.6 Å². The van der Waals surface area contributed by atoms with Crippen molar-refractivity contribution < 1.29 is 23.5 Å². The number of anilines is 2. The number of aldehydes is 1. The molecule has 2 heterocycles. The number of ether oxygens (including phenoxy) is 1. The van der Waals surface area contributed by atoms with Gasteiger partial charge in [-0.2, -0.15) is 0 Å². The van der Waals surface area contributed by atoms with Crippen LogP contribution in [0.2, 0.25) is 5.02 Å². The van der Waals surface area contributed by atoms with Gasteiger partial charge in [0.15, 0.2) is 0 Å². The molecule has 0 aliphatic carbocycles. The first kappa shape index (κ1) is 34.5. The van der Waals surface area contributed by atoms with Gasteiger partial charge in [-0.25, -0.2) is 19.8 Å². The molecule has 242 valence electrons. The third-order valence-electron chi connectivity index (χ3n) is 7.03. The molecule has 9 nitrogen and oxygen atoms in total. The fraction of sp³-hybridized carbons (Fsp3) is 0.286. The first-order valence-corrected chi connectivity index (χ1v) is 15.6. The molecule has 46 heavy (non-hydrogen) atoms. The minimum absolute atomic E-state index is 0.207. The molecule has 0 saturated heterocycles. The van der Waals surface area contributed by atoms with E-state index in [1.54, 1.807) is 29.7 Å². The lowest BCUT2D eigenvalue weighted by molar-refractivity contribution is -0.107. The van der Waals surface area contributed by atoms with Crippen LogP contribution in [-0.2, 0) is 17.9 Å². The molecule has 0 saturated carbocycles. The average molecular weight is 648 g/mol. The molecule has 0 amide bonds. The molecule has 0 atom stereocenters. The van der Waals surface area contributed by atoms with Crippen molar-refractivity contribution in [2.24, 2.45) is 0 Å². The second-order valence-electron chi connectivity index (χ2n) is 10.5. The predicted octanol–water partition coefficient (Wildman–Crippen LogP) is 8.23. The smallest absolute Gasteiger partial charge is 0.141 e. The standard InChI is InChI=1S/C34H34ClFN4O3.CH5NO/c35-30-20-27(11-14-33(30)42-22-24-8-7-9-26(36)18-24)40-34-29-19-25(10-13-31(29)38-23-39-34)32-15-12-28(43-32)21-37-16-5-3-1-2-4-6-17-41;1-2-3/h7-15,17-20,23,37H,1-6,16,21-22H2,(H,38,39,40);2-3H,1H3. The third kappa shape index (κ3) is 10.6. The van der Waals surface area contributed by atoms with E-state index in [9.17, 15) is 9.18 Å². The van der Waals surface area contributed by atoms with Crippen LogP contribution in [0.1, 0.15) is 49.8 Å². The highest BCUT2D eigenvalue weighted by Gasteiger charge is 2.11. The highest BCUT2D eigenvalue weighted by molar-refractivity contribution is 6.32. The summed E-state index contributed by atoms with van der Waals surface area (Å²) in [4.78, 5) is 19.3. The summed E-state index contributed by atoms with van der Waals surface area (Å²) in [5, 5.41) is 15.4. The molecule has 4 N–H and O–H groups in total. The van der Waals surface area contributed by atoms with E-state index in [1.165, 1.54) is 25.5 Å². The van der Waals surface area contributed by atoms with Crippen LogP contribution in [0, 0.1) is 5.82 Å². The molecular formula is C35H39ClFN5O4. The summed E-state index contributed by atoms with van der Waals surface area (Å²) in [6.07, 6.45) is 8.70. The molecule has 5 aromatic rings. The Morgan fingerprint density at radius 2 is 1.80 bits per heavy atom. The number of carbonyl (C=O) groups is 1. The summed E-state index contributed by atoms with van der Waals surface area (Å²) in [6.45, 7) is 1.80. The number of carbonyl (C=O) groups excluding carboxylic acids is 1. The third-order valence-corrected chi connectivity index (χ3v) is 7.33. The summed E-state index contributed by atoms with van der Waals surface area (Å²) in [5.41, 5.74) is 4.92. The number of nitrogens with zero attached hydrogens (tertiary/aromatic N) is 2. The summed E-state index contributed by atoms with van der Waals surface area (Å²) < 4.78 is 25.4. The number of aromatic nitrogens is 2. The van der Waals surface area contributed by atoms with Gasteiger partial charge in [0.1, 0.15) is 48.1 Å². The second kappa shape index (κ2) is 18.6. The Kier molecular flexibility index (Phi) is 13.9. The largest absolute Gasteiger partial charge is 0.487 e. The topological polar surface area (TPSA) is 122 Å². The van der Waals surface area contributed by atoms with E-state index in [4.69, 9.17) is 26.0 Å². The molecule has 3 aromatic carbocycles. The average Bonchev–Trinajstić information content (AvgIpc) is 3.53. The van der Waals surface area contributed by atoms with Crippen molar-refractivity contribution in [2.45, 2.75) is 51.7 Å². The van der Waals surface area contributed by atoms with Crippen LogP contribution < -0.4 is 20.9 Å². The number of furan rings is 1. The Bertz CT molecular complexity index is 1680. The fourth-order valence-corrected chi connectivity index (χ4v) is 5.01. The van der Waals surface area contributed by atoms with Crippen LogP contribution in [0.5, 0.6) is 5.75 Å². The van der Waals surface area contributed by atoms with Crippen LogP contribution >= 0.6 is 11.6 Å². The van der Waals surface area contributed by atoms with Crippen molar-refractivity contribution in [3.05, 3.63) is 101 Å². The normalized spacial score (nSPS) is 10.8. The van der Waals surface area contributed by atoms with Gasteiger partial charge < -0.3 is 29.8 Å². The number of hydrogen-bond donors (Lipinski definition) is 4. The van der Waals surface area contributed by atoms with Gasteiger partial charge in [0.2, 0.25) is 0 Å². The number of benzene rings is 3. The van der Waals surface area contributed by atoms with Crippen molar-refractivity contribution in [3.63, 3.8) is 0 Å². The zero-order valence-electron chi connectivity index (χ0n) is 25.8. The maximum absolute atomic E-state index is 13.5. The maximum Gasteiger partial charge on any atom is 0.141 e. The van der Waals surface area contributed by atoms with Crippen LogP contribution in [0.15, 0.2) is 83.5 Å². The van der Waals surface area contributed by atoms with Crippen molar-refractivity contribution in [1.29, 1.82) is 0 Å². The molecule has 0 fully saturated rings. The molecule has 0 bridgehead atoms. The van der Waals surface area contributed by atoms with Gasteiger partial charge in [0.25, 0.3) is 0 Å². The van der Waals surface area contributed by atoms with E-state index in [1.807, 2.05) is 36.4 Å². The quantitative estimate of drug-likeness (QED) is 0.0476. The van der Waals surface area contributed by atoms with Crippen LogP contribution in [0.25, 0.3) is 22.2 Å². The van der Waals surface area contributed by atoms with Crippen molar-refractivity contribution in [2.75, 3.05) is 18.9 Å². The van der Waals surface area contributed by atoms with Gasteiger partial charge in [0.05, 0.1) is 17.1 Å². The SMILES string of the molecule is CNO.O=CCCCCCCCNCc1ccc(-c2ccc3ncnc(Nc4ccc(OCc5cccc(F)c5)c(Cl)c4)c3c2)o1. The summed E-state index contributed by atoms with van der Waals surface area (Å²) in [7, 11) is 1.43. The zero-order chi connectivity index (χ0) is 32.6. The van der Waals surface area contributed by atoms with Gasteiger partial charge in [-0.3, -0.25) is 0 Å². The predicted molar refractivity (Wildman–Crippen MR) is 179 cm³/mol. The highest BCUT2D eigenvalue weighted by atomic mass is 35.5. The summed E-state index contributed by atoms with van der Waals surface area (Å²) in [5.74, 6) is 2.47. The number of nitrogens with one attached hydrogen (secondary N) is 3. The number of halogens is 2. The number of unbranched alkanes of at least 4 members (excludes halogenated alkanes) is 5. The van der Waals surface area contributed by atoms with Gasteiger partial charge in [-0.1, -0.05) is 43.0 Å². The molecule has 2 aromatic heterocycles. The zero-order valence-corrected chi connectivity index (χ0v) is 26.5. The fourth-order valence-electron chi connectivity index (χ4n) is 4.78. The van der Waals surface area contributed by atoms with E-state index in [-0.39, 0.29) is 12.4 Å². The van der Waals surface area contributed by atoms with Gasteiger partial charge >= 0.3 is 0 Å². The van der Waals surface area contributed by atoms with E-state index in [0.717, 1.165) is 84.2 Å². The van der Waals surface area contributed by atoms with Crippen molar-refractivity contribution in [1.82, 2.24) is 20.8 Å². The summed E-state index contributed by atoms with van der Waals surface area (Å²) >= 11 is 6.50.